The molecule has 9 saturated heterocycles. The van der Waals surface area contributed by atoms with Gasteiger partial charge in [-0.05, 0) is 62.3 Å². The van der Waals surface area contributed by atoms with Crippen molar-refractivity contribution in [2.24, 2.45) is 0 Å². The van der Waals surface area contributed by atoms with Gasteiger partial charge in [0.25, 0.3) is 0 Å². The van der Waals surface area contributed by atoms with Crippen LogP contribution < -0.4 is 47.9 Å². The quantitative estimate of drug-likeness (QED) is 0.0266. The lowest BCUT2D eigenvalue weighted by molar-refractivity contribution is -0.401. The van der Waals surface area contributed by atoms with Crippen LogP contribution in [0.3, 0.4) is 0 Å². The number of hydrogen-bond acceptors (Lipinski definition) is 37. The van der Waals surface area contributed by atoms with Gasteiger partial charge in [0.05, 0.1) is 109 Å². The summed E-state index contributed by atoms with van der Waals surface area (Å²) in [6, 6.07) is -12.0. The molecule has 9 amide bonds. The molecule has 9 rings (SSSR count). The zero-order chi connectivity index (χ0) is 79.7. The first-order chi connectivity index (χ1) is 52.0. The van der Waals surface area contributed by atoms with Crippen LogP contribution in [0, 0.1) is 0 Å². The minimum absolute atomic E-state index is 0.206. The van der Waals surface area contributed by atoms with Crippen LogP contribution in [0.4, 0.5) is 0 Å². The predicted molar refractivity (Wildman–Crippen MR) is 347 cm³/mol. The van der Waals surface area contributed by atoms with Crippen molar-refractivity contribution in [1.29, 1.82) is 0 Å². The van der Waals surface area contributed by atoms with Gasteiger partial charge in [-0.1, -0.05) is 0 Å². The molecule has 9 heterocycles. The summed E-state index contributed by atoms with van der Waals surface area (Å²) in [7, 11) is 0. The Bertz CT molecular complexity index is 2960. The molecular weight excluding hydrogens is 1470 g/mol. The van der Waals surface area contributed by atoms with Gasteiger partial charge in [-0.3, -0.25) is 43.2 Å². The average Bonchev–Trinajstić information content (AvgIpc) is 0.768. The normalized spacial score (nSPS) is 49.5. The molecule has 0 saturated carbocycles. The SMILES string of the molecule is C[C@H]1O[C@H](O[C@@H]2[C@@H](O[C@@H]3[C@@H](O[C@@H]4[C@@H](O[C@H]5[C@H](O)[C@@H](O[C@@H]6[C@@H](O[C@@H]7[C@@H](O[C@@H]8[C@@H](O[C@H]9[C@@H](O)[C@H](NC=O)[C@@H](C)O[C@@H]9O)O[C@H](C)[C@@H](NC=O)[C@@H]8O)O[C@H](C)[C@@H](NC=O)[C@@H]7O)O[C@H](C)[C@@H](NC=O)[C@@H]6O)O[C@H](C)[C@H]5NC=O)O[C@H](C)[C@@H](NC=O)[C@@H]4O)O[C@H](C)[C@@H](NC=O)[C@@H]3O)O[C@H](C)[C@@H](NC=O)[C@@H]2O)[C@@H](O)[C@@H](O)[C@@H]1NC=O. The van der Waals surface area contributed by atoms with Gasteiger partial charge in [-0.25, -0.2) is 0 Å². The van der Waals surface area contributed by atoms with Gasteiger partial charge in [0.2, 0.25) is 57.7 Å². The summed E-state index contributed by atoms with van der Waals surface area (Å²) in [6.07, 6.45) is -60.9. The van der Waals surface area contributed by atoms with Crippen molar-refractivity contribution in [3.63, 3.8) is 0 Å². The molecule has 0 aliphatic carbocycles. The Balaban J connectivity index is 1.03. The highest BCUT2D eigenvalue weighted by Gasteiger charge is 2.61. The maximum absolute atomic E-state index is 12.7. The summed E-state index contributed by atoms with van der Waals surface area (Å²) in [4.78, 5) is 108. The smallest absolute Gasteiger partial charge is 0.207 e. The number of aliphatic hydroxyl groups excluding tert-OH is 11. The number of amides is 9. The molecule has 0 radical (unpaired) electrons. The van der Waals surface area contributed by atoms with Crippen LogP contribution in [0.25, 0.3) is 0 Å². The molecule has 0 bridgehead atoms. The summed E-state index contributed by atoms with van der Waals surface area (Å²) >= 11 is 0. The number of nitrogens with one attached hydrogen (secondary N) is 9. The van der Waals surface area contributed by atoms with Gasteiger partial charge in [0.1, 0.15) is 110 Å². The Morgan fingerprint density at radius 3 is 0.606 bits per heavy atom. The first-order valence-corrected chi connectivity index (χ1v) is 35.4. The van der Waals surface area contributed by atoms with E-state index in [-0.39, 0.29) is 57.7 Å². The third kappa shape index (κ3) is 18.8. The van der Waals surface area contributed by atoms with Crippen molar-refractivity contribution in [2.45, 2.75) is 338 Å². The molecule has 9 aliphatic rings. The molecule has 0 aromatic rings. The lowest BCUT2D eigenvalue weighted by Crippen LogP contribution is -2.71. The molecule has 9 aliphatic heterocycles. The van der Waals surface area contributed by atoms with Gasteiger partial charge in [-0.15, -0.1) is 0 Å². The Morgan fingerprint density at radius 1 is 0.193 bits per heavy atom. The summed E-state index contributed by atoms with van der Waals surface area (Å²) in [5.74, 6) is 0. The molecule has 20 N–H and O–H groups in total. The number of carbonyl (C=O) groups excluding carboxylic acids is 9. The van der Waals surface area contributed by atoms with Crippen LogP contribution in [0.1, 0.15) is 62.3 Å². The Hall–Kier alpha value is -5.89. The standard InChI is InChI=1S/C63H101N9O37/c1-19-29(65-11-74)38(83)48(55(92)93-19)103-59-52(42(87)33(69-15-78)22(4)97-59)107-63-54(44(89)35(71-17-80)26(8)101-63)109-61-50(40(85)31(67-13-76)24(6)99-61)105-57-46(91)47(36(72-18-81)27(9)95-57)102-58-51(41(86)32(68-14-77)21(3)96-58)106-62-53(43(88)34(70-16-79)25(7)100-62)108-60-49(39(84)30(66-12-75)23(5)98-60)104-56-45(90)37(82)28(64-10-73)20(2)94-56/h10-63,82-92H,1-9H3,(H,64,73)(H,65,74)(H,66,75)(H,67,76)(H,68,77)(H,69,78)(H,70,79)(H,71,80)(H,72,81)/t19-,20-,21-,22-,23-,24-,25-,26-,27-,28-,29-,30-,31-,32-,33-,34-,35-,36-,37+,38+,39+,40+,41+,42+,43+,44+,45+,46+,47-,48+,49+,50+,51+,52+,53+,54+,55+,56-,57-,58-,59-,60-,61-,62-,63-/m1/s1. The minimum atomic E-state index is -2.23. The molecule has 9 fully saturated rings. The third-order valence-corrected chi connectivity index (χ3v) is 21.2. The second-order valence-corrected chi connectivity index (χ2v) is 27.9. The maximum atomic E-state index is 12.7. The van der Waals surface area contributed by atoms with Crippen molar-refractivity contribution >= 4 is 57.7 Å². The number of aliphatic hydroxyl groups is 11. The second-order valence-electron chi connectivity index (χ2n) is 27.9. The third-order valence-electron chi connectivity index (χ3n) is 21.2. The highest BCUT2D eigenvalue weighted by molar-refractivity contribution is 5.50. The fourth-order valence-electron chi connectivity index (χ4n) is 15.3. The van der Waals surface area contributed by atoms with E-state index < -0.39 is 276 Å². The van der Waals surface area contributed by atoms with Gasteiger partial charge in [-0.2, -0.15) is 0 Å². The van der Waals surface area contributed by atoms with E-state index in [9.17, 15) is 99.3 Å². The van der Waals surface area contributed by atoms with E-state index in [1.807, 2.05) is 0 Å². The molecule has 0 aromatic heterocycles. The molecule has 620 valence electrons. The summed E-state index contributed by atoms with van der Waals surface area (Å²) in [5.41, 5.74) is 0. The van der Waals surface area contributed by atoms with E-state index in [1.165, 1.54) is 62.3 Å². The summed E-state index contributed by atoms with van der Waals surface area (Å²) in [6.45, 7) is 12.6. The van der Waals surface area contributed by atoms with E-state index in [2.05, 4.69) is 47.9 Å². The Labute approximate surface area is 621 Å². The van der Waals surface area contributed by atoms with E-state index in [1.54, 1.807) is 0 Å². The van der Waals surface area contributed by atoms with Gasteiger partial charge in [0.15, 0.2) is 56.6 Å². The van der Waals surface area contributed by atoms with Crippen molar-refractivity contribution in [3.8, 4) is 0 Å². The van der Waals surface area contributed by atoms with Crippen molar-refractivity contribution in [1.82, 2.24) is 47.9 Å². The Kier molecular flexibility index (Phi) is 31.0. The molecule has 109 heavy (non-hydrogen) atoms. The molecule has 45 atom stereocenters. The molecular formula is C63H101N9O37. The fraction of sp³-hybridized carbons (Fsp3) is 0.857. The van der Waals surface area contributed by atoms with Crippen molar-refractivity contribution < 1.29 is 180 Å². The Morgan fingerprint density at radius 2 is 0.358 bits per heavy atom. The van der Waals surface area contributed by atoms with Crippen LogP contribution in [-0.2, 0) is 124 Å². The lowest BCUT2D eigenvalue weighted by Gasteiger charge is -2.52. The minimum Gasteiger partial charge on any atom is -0.388 e. The molecule has 46 nitrogen and oxygen atoms in total. The largest absolute Gasteiger partial charge is 0.388 e. The lowest BCUT2D eigenvalue weighted by atomic mass is 9.93. The first-order valence-electron chi connectivity index (χ1n) is 35.4. The van der Waals surface area contributed by atoms with Crippen LogP contribution in [0.15, 0.2) is 0 Å². The van der Waals surface area contributed by atoms with Crippen LogP contribution in [0.5, 0.6) is 0 Å². The van der Waals surface area contributed by atoms with Crippen molar-refractivity contribution in [3.05, 3.63) is 0 Å². The fourth-order valence-corrected chi connectivity index (χ4v) is 15.3. The zero-order valence-electron chi connectivity index (χ0n) is 60.2. The molecule has 0 unspecified atom stereocenters. The van der Waals surface area contributed by atoms with Gasteiger partial charge in [0, 0.05) is 0 Å². The van der Waals surface area contributed by atoms with E-state index in [0.29, 0.717) is 0 Å². The monoisotopic (exact) mass is 1580 g/mol. The van der Waals surface area contributed by atoms with E-state index in [0.717, 1.165) is 0 Å². The van der Waals surface area contributed by atoms with E-state index >= 15 is 0 Å². The van der Waals surface area contributed by atoms with E-state index in [4.69, 9.17) is 80.5 Å². The second kappa shape index (κ2) is 38.8. The molecule has 0 spiro atoms. The number of hydrogen-bond donors (Lipinski definition) is 20. The molecule has 46 heteroatoms. The highest BCUT2D eigenvalue weighted by atomic mass is 16.8. The van der Waals surface area contributed by atoms with Crippen LogP contribution >= 0.6 is 0 Å². The predicted octanol–water partition coefficient (Wildman–Crippen LogP) is -13.6. The van der Waals surface area contributed by atoms with Crippen molar-refractivity contribution in [2.75, 3.05) is 0 Å². The topological polar surface area (TPSA) is 641 Å². The number of rotatable bonds is 34. The van der Waals surface area contributed by atoms with Gasteiger partial charge < -0.3 is 185 Å². The maximum Gasteiger partial charge on any atom is 0.207 e. The van der Waals surface area contributed by atoms with Crippen LogP contribution in [-0.4, -0.2) is 390 Å². The zero-order valence-corrected chi connectivity index (χ0v) is 60.2. The van der Waals surface area contributed by atoms with Crippen LogP contribution in [0.2, 0.25) is 0 Å². The van der Waals surface area contributed by atoms with Gasteiger partial charge >= 0.3 is 0 Å². The summed E-state index contributed by atoms with van der Waals surface area (Å²) in [5, 5.41) is 153. The average molecular weight is 1580 g/mol. The first kappa shape index (κ1) is 87.1. The number of ether oxygens (including phenoxy) is 17. The summed E-state index contributed by atoms with van der Waals surface area (Å²) < 4.78 is 106. The molecule has 0 aromatic carbocycles. The number of carbonyl (C=O) groups is 9. The highest BCUT2D eigenvalue weighted by Crippen LogP contribution is 2.41.